The van der Waals surface area contributed by atoms with Gasteiger partial charge < -0.3 is 10.0 Å². The van der Waals surface area contributed by atoms with E-state index >= 15 is 0 Å². The van der Waals surface area contributed by atoms with Gasteiger partial charge >= 0.3 is 0 Å². The first-order valence-electron chi connectivity index (χ1n) is 6.98. The molecule has 1 heterocycles. The summed E-state index contributed by atoms with van der Waals surface area (Å²) < 4.78 is 1.81. The van der Waals surface area contributed by atoms with Crippen molar-refractivity contribution in [1.82, 2.24) is 14.7 Å². The van der Waals surface area contributed by atoms with E-state index in [9.17, 15) is 4.79 Å². The predicted octanol–water partition coefficient (Wildman–Crippen LogP) is 1.67. The SMILES string of the molecule is Cc1nn(C)c(C)c1/C=C/C(=O)N(CCCO)C(C)C. The van der Waals surface area contributed by atoms with Crippen LogP contribution in [0.3, 0.4) is 0 Å². The summed E-state index contributed by atoms with van der Waals surface area (Å²) in [4.78, 5) is 14.0. The van der Waals surface area contributed by atoms with Crippen molar-refractivity contribution in [2.75, 3.05) is 13.2 Å². The fraction of sp³-hybridized carbons (Fsp3) is 0.600. The summed E-state index contributed by atoms with van der Waals surface area (Å²) in [5.74, 6) is -0.0314. The number of carbonyl (C=O) groups is 1. The summed E-state index contributed by atoms with van der Waals surface area (Å²) >= 11 is 0. The minimum absolute atomic E-state index is 0.0314. The van der Waals surface area contributed by atoms with E-state index in [2.05, 4.69) is 5.10 Å². The molecule has 0 saturated heterocycles. The number of aliphatic hydroxyl groups excluding tert-OH is 1. The third kappa shape index (κ3) is 3.93. The molecule has 112 valence electrons. The molecule has 0 atom stereocenters. The third-order valence-electron chi connectivity index (χ3n) is 3.42. The molecular formula is C15H25N3O2. The molecule has 5 heteroatoms. The maximum Gasteiger partial charge on any atom is 0.246 e. The average molecular weight is 279 g/mol. The Hall–Kier alpha value is -1.62. The fourth-order valence-electron chi connectivity index (χ4n) is 2.15. The van der Waals surface area contributed by atoms with Crippen LogP contribution in [0.2, 0.25) is 0 Å². The summed E-state index contributed by atoms with van der Waals surface area (Å²) in [5.41, 5.74) is 2.95. The van der Waals surface area contributed by atoms with Crippen LogP contribution in [0.15, 0.2) is 6.08 Å². The Labute approximate surface area is 120 Å². The Morgan fingerprint density at radius 3 is 2.55 bits per heavy atom. The zero-order chi connectivity index (χ0) is 15.3. The molecule has 0 spiro atoms. The van der Waals surface area contributed by atoms with Gasteiger partial charge in [0.25, 0.3) is 0 Å². The molecule has 1 amide bonds. The molecule has 0 saturated carbocycles. The number of hydrogen-bond donors (Lipinski definition) is 1. The van der Waals surface area contributed by atoms with Gasteiger partial charge in [-0.25, -0.2) is 0 Å². The maximum absolute atomic E-state index is 12.2. The lowest BCUT2D eigenvalue weighted by atomic mass is 10.1. The van der Waals surface area contributed by atoms with Gasteiger partial charge in [0.2, 0.25) is 5.91 Å². The zero-order valence-corrected chi connectivity index (χ0v) is 13.1. The van der Waals surface area contributed by atoms with Crippen molar-refractivity contribution < 1.29 is 9.90 Å². The molecule has 1 aromatic heterocycles. The monoisotopic (exact) mass is 279 g/mol. The van der Waals surface area contributed by atoms with E-state index in [1.54, 1.807) is 11.0 Å². The number of carbonyl (C=O) groups excluding carboxylic acids is 1. The lowest BCUT2D eigenvalue weighted by Crippen LogP contribution is -2.36. The summed E-state index contributed by atoms with van der Waals surface area (Å²) in [6.45, 7) is 8.54. The lowest BCUT2D eigenvalue weighted by Gasteiger charge is -2.25. The predicted molar refractivity (Wildman–Crippen MR) is 80.3 cm³/mol. The normalized spacial score (nSPS) is 11.6. The molecular weight excluding hydrogens is 254 g/mol. The van der Waals surface area contributed by atoms with Crippen LogP contribution >= 0.6 is 0 Å². The Morgan fingerprint density at radius 2 is 2.10 bits per heavy atom. The van der Waals surface area contributed by atoms with Crippen molar-refractivity contribution in [3.8, 4) is 0 Å². The van der Waals surface area contributed by atoms with Gasteiger partial charge in [-0.2, -0.15) is 5.10 Å². The molecule has 1 aromatic rings. The van der Waals surface area contributed by atoms with Crippen molar-refractivity contribution in [2.24, 2.45) is 7.05 Å². The topological polar surface area (TPSA) is 58.4 Å². The standard InChI is InChI=1S/C15H25N3O2/c1-11(2)18(9-6-10-19)15(20)8-7-14-12(3)16-17(5)13(14)4/h7-8,11,19H,6,9-10H2,1-5H3/b8-7+. The Morgan fingerprint density at radius 1 is 1.45 bits per heavy atom. The highest BCUT2D eigenvalue weighted by molar-refractivity contribution is 5.92. The van der Waals surface area contributed by atoms with E-state index in [0.29, 0.717) is 13.0 Å². The van der Waals surface area contributed by atoms with Crippen molar-refractivity contribution in [2.45, 2.75) is 40.2 Å². The van der Waals surface area contributed by atoms with Crippen LogP contribution in [0.1, 0.15) is 37.2 Å². The fourth-order valence-corrected chi connectivity index (χ4v) is 2.15. The number of rotatable bonds is 6. The van der Waals surface area contributed by atoms with E-state index in [1.165, 1.54) is 0 Å². The molecule has 5 nitrogen and oxygen atoms in total. The van der Waals surface area contributed by atoms with Crippen molar-refractivity contribution >= 4 is 12.0 Å². The minimum atomic E-state index is -0.0314. The molecule has 0 unspecified atom stereocenters. The van der Waals surface area contributed by atoms with Crippen LogP contribution in [0.25, 0.3) is 6.08 Å². The van der Waals surface area contributed by atoms with E-state index in [1.807, 2.05) is 45.5 Å². The van der Waals surface area contributed by atoms with Crippen molar-refractivity contribution in [3.05, 3.63) is 23.0 Å². The van der Waals surface area contributed by atoms with Crippen LogP contribution in [-0.4, -0.2) is 44.9 Å². The summed E-state index contributed by atoms with van der Waals surface area (Å²) in [7, 11) is 1.89. The van der Waals surface area contributed by atoms with Crippen LogP contribution in [-0.2, 0) is 11.8 Å². The second-order valence-electron chi connectivity index (χ2n) is 5.24. The molecule has 0 aromatic carbocycles. The Kier molecular flexibility index (Phi) is 5.95. The van der Waals surface area contributed by atoms with Crippen LogP contribution in [0.4, 0.5) is 0 Å². The second-order valence-corrected chi connectivity index (χ2v) is 5.24. The molecule has 0 aliphatic heterocycles. The Bertz CT molecular complexity index is 490. The average Bonchev–Trinajstić information content (AvgIpc) is 2.61. The summed E-state index contributed by atoms with van der Waals surface area (Å²) in [5, 5.41) is 13.2. The molecule has 0 aliphatic rings. The van der Waals surface area contributed by atoms with Gasteiger partial charge in [0.1, 0.15) is 0 Å². The van der Waals surface area contributed by atoms with Gasteiger partial charge in [-0.3, -0.25) is 9.48 Å². The van der Waals surface area contributed by atoms with Crippen molar-refractivity contribution in [3.63, 3.8) is 0 Å². The molecule has 0 fully saturated rings. The van der Waals surface area contributed by atoms with E-state index in [4.69, 9.17) is 5.11 Å². The molecule has 1 N–H and O–H groups in total. The highest BCUT2D eigenvalue weighted by Crippen LogP contribution is 2.14. The second kappa shape index (κ2) is 7.24. The summed E-state index contributed by atoms with van der Waals surface area (Å²) in [6, 6.07) is 0.120. The van der Waals surface area contributed by atoms with Gasteiger partial charge in [-0.15, -0.1) is 0 Å². The molecule has 0 bridgehead atoms. The number of aliphatic hydroxyl groups is 1. The number of amides is 1. The van der Waals surface area contributed by atoms with Gasteiger partial charge in [-0.05, 0) is 40.2 Å². The number of aromatic nitrogens is 2. The first kappa shape index (κ1) is 16.4. The van der Waals surface area contributed by atoms with Gasteiger partial charge in [0.05, 0.1) is 5.69 Å². The maximum atomic E-state index is 12.2. The first-order valence-corrected chi connectivity index (χ1v) is 6.98. The smallest absolute Gasteiger partial charge is 0.246 e. The quantitative estimate of drug-likeness (QED) is 0.806. The van der Waals surface area contributed by atoms with Crippen LogP contribution in [0.5, 0.6) is 0 Å². The zero-order valence-electron chi connectivity index (χ0n) is 13.1. The lowest BCUT2D eigenvalue weighted by molar-refractivity contribution is -0.127. The molecule has 1 rings (SSSR count). The van der Waals surface area contributed by atoms with E-state index in [-0.39, 0.29) is 18.6 Å². The Balaban J connectivity index is 2.84. The highest BCUT2D eigenvalue weighted by atomic mass is 16.3. The van der Waals surface area contributed by atoms with Crippen LogP contribution in [0, 0.1) is 13.8 Å². The van der Waals surface area contributed by atoms with Gasteiger partial charge in [0.15, 0.2) is 0 Å². The third-order valence-corrected chi connectivity index (χ3v) is 3.42. The molecule has 0 aliphatic carbocycles. The first-order chi connectivity index (χ1) is 9.38. The van der Waals surface area contributed by atoms with E-state index in [0.717, 1.165) is 17.0 Å². The largest absolute Gasteiger partial charge is 0.396 e. The van der Waals surface area contributed by atoms with Gasteiger partial charge in [-0.1, -0.05) is 0 Å². The van der Waals surface area contributed by atoms with Crippen molar-refractivity contribution in [1.29, 1.82) is 0 Å². The number of nitrogens with zero attached hydrogens (tertiary/aromatic N) is 3. The van der Waals surface area contributed by atoms with Crippen LogP contribution < -0.4 is 0 Å². The molecule has 20 heavy (non-hydrogen) atoms. The van der Waals surface area contributed by atoms with Gasteiger partial charge in [0, 0.05) is 43.6 Å². The number of hydrogen-bond acceptors (Lipinski definition) is 3. The summed E-state index contributed by atoms with van der Waals surface area (Å²) in [6.07, 6.45) is 4.02. The minimum Gasteiger partial charge on any atom is -0.396 e. The highest BCUT2D eigenvalue weighted by Gasteiger charge is 2.14. The van der Waals surface area contributed by atoms with E-state index < -0.39 is 0 Å². The molecule has 0 radical (unpaired) electrons. The number of aryl methyl sites for hydroxylation is 2.